The normalized spacial score (nSPS) is 18.0. The van der Waals surface area contributed by atoms with Crippen LogP contribution in [0, 0.1) is 25.6 Å². The van der Waals surface area contributed by atoms with E-state index in [1.54, 1.807) is 17.0 Å². The Balaban J connectivity index is 1.20. The quantitative estimate of drug-likeness (QED) is 0.590. The number of anilines is 4. The van der Waals surface area contributed by atoms with E-state index < -0.39 is 5.92 Å². The summed E-state index contributed by atoms with van der Waals surface area (Å²) in [5.74, 6) is 0.487. The number of aromatic nitrogens is 2. The lowest BCUT2D eigenvalue weighted by molar-refractivity contribution is -0.136. The van der Waals surface area contributed by atoms with Crippen LogP contribution in [0.1, 0.15) is 17.7 Å². The zero-order chi connectivity index (χ0) is 25.2. The van der Waals surface area contributed by atoms with E-state index in [1.165, 1.54) is 17.7 Å². The maximum absolute atomic E-state index is 13.2. The summed E-state index contributed by atoms with van der Waals surface area (Å²) in [5, 5.41) is 3.34. The molecule has 0 radical (unpaired) electrons. The molecule has 3 aromatic rings. The number of rotatable bonds is 5. The van der Waals surface area contributed by atoms with Crippen LogP contribution in [0.15, 0.2) is 54.6 Å². The summed E-state index contributed by atoms with van der Waals surface area (Å²) < 4.78 is 13.2. The average Bonchev–Trinajstić information content (AvgIpc) is 3.27. The number of nitrogens with zero attached hydrogens (tertiary/aromatic N) is 5. The molecule has 1 unspecified atom stereocenters. The third-order valence-corrected chi connectivity index (χ3v) is 6.65. The van der Waals surface area contributed by atoms with Gasteiger partial charge in [-0.1, -0.05) is 17.7 Å². The highest BCUT2D eigenvalue weighted by Gasteiger charge is 2.38. The summed E-state index contributed by atoms with van der Waals surface area (Å²) in [6.45, 7) is 6.61. The van der Waals surface area contributed by atoms with Crippen LogP contribution in [-0.2, 0) is 9.59 Å². The number of hydrogen-bond donors (Lipinski definition) is 1. The fourth-order valence-corrected chi connectivity index (χ4v) is 4.67. The van der Waals surface area contributed by atoms with Crippen LogP contribution in [0.2, 0.25) is 0 Å². The van der Waals surface area contributed by atoms with Gasteiger partial charge in [-0.05, 0) is 50.2 Å². The van der Waals surface area contributed by atoms with Crippen molar-refractivity contribution in [1.82, 2.24) is 14.9 Å². The number of carbonyl (C=O) groups excluding carboxylic acids is 2. The molecule has 2 aromatic carbocycles. The third kappa shape index (κ3) is 5.15. The molecule has 2 amide bonds. The number of benzene rings is 2. The Labute approximate surface area is 209 Å². The minimum absolute atomic E-state index is 0.0144. The molecule has 5 rings (SSSR count). The Morgan fingerprint density at radius 2 is 1.67 bits per heavy atom. The fraction of sp³-hybridized carbons (Fsp3) is 0.333. The molecule has 9 heteroatoms. The standard InChI is InChI=1S/C27H29FN6O2/c1-18-3-7-22(8-4-18)30-24-15-19(2)29-27(31-24)33-13-11-32(12-14-33)26(36)20-16-25(35)34(17-20)23-9-5-21(28)6-10-23/h3-10,15,20H,11-14,16-17H2,1-2H3,(H,29,30,31). The molecule has 0 bridgehead atoms. The molecule has 1 aromatic heterocycles. The molecule has 1 atom stereocenters. The number of aryl methyl sites for hydroxylation is 2. The van der Waals surface area contributed by atoms with Crippen LogP contribution in [0.5, 0.6) is 0 Å². The van der Waals surface area contributed by atoms with E-state index in [9.17, 15) is 14.0 Å². The number of halogens is 1. The molecule has 3 heterocycles. The number of amides is 2. The molecule has 1 N–H and O–H groups in total. The Morgan fingerprint density at radius 3 is 2.36 bits per heavy atom. The summed E-state index contributed by atoms with van der Waals surface area (Å²) in [4.78, 5) is 40.5. The monoisotopic (exact) mass is 488 g/mol. The second-order valence-corrected chi connectivity index (χ2v) is 9.38. The lowest BCUT2D eigenvalue weighted by atomic mass is 10.1. The molecule has 186 valence electrons. The summed E-state index contributed by atoms with van der Waals surface area (Å²) in [6, 6.07) is 15.8. The Morgan fingerprint density at radius 1 is 0.972 bits per heavy atom. The first-order chi connectivity index (χ1) is 17.4. The highest BCUT2D eigenvalue weighted by Crippen LogP contribution is 2.27. The molecule has 0 saturated carbocycles. The first-order valence-electron chi connectivity index (χ1n) is 12.1. The van der Waals surface area contributed by atoms with Crippen LogP contribution in [0.4, 0.5) is 27.5 Å². The zero-order valence-corrected chi connectivity index (χ0v) is 20.4. The zero-order valence-electron chi connectivity index (χ0n) is 20.4. The fourth-order valence-electron chi connectivity index (χ4n) is 4.67. The van der Waals surface area contributed by atoms with Crippen molar-refractivity contribution in [2.75, 3.05) is 47.8 Å². The van der Waals surface area contributed by atoms with Gasteiger partial charge in [0.2, 0.25) is 17.8 Å². The number of piperazine rings is 1. The van der Waals surface area contributed by atoms with E-state index in [0.717, 1.165) is 17.2 Å². The number of nitrogens with one attached hydrogen (secondary N) is 1. The molecule has 2 saturated heterocycles. The molecule has 0 spiro atoms. The summed E-state index contributed by atoms with van der Waals surface area (Å²) in [6.07, 6.45) is 0.172. The Kier molecular flexibility index (Phi) is 6.54. The van der Waals surface area contributed by atoms with E-state index in [-0.39, 0.29) is 24.1 Å². The summed E-state index contributed by atoms with van der Waals surface area (Å²) >= 11 is 0. The first kappa shape index (κ1) is 23.7. The van der Waals surface area contributed by atoms with Crippen molar-refractivity contribution in [1.29, 1.82) is 0 Å². The van der Waals surface area contributed by atoms with Gasteiger partial charge in [0, 0.05) is 62.3 Å². The van der Waals surface area contributed by atoms with Gasteiger partial charge in [0.05, 0.1) is 5.92 Å². The van der Waals surface area contributed by atoms with Gasteiger partial charge in [0.15, 0.2) is 0 Å². The van der Waals surface area contributed by atoms with Crippen LogP contribution in [0.25, 0.3) is 0 Å². The largest absolute Gasteiger partial charge is 0.340 e. The van der Waals surface area contributed by atoms with Crippen molar-refractivity contribution in [3.05, 3.63) is 71.7 Å². The highest BCUT2D eigenvalue weighted by molar-refractivity contribution is 6.00. The van der Waals surface area contributed by atoms with E-state index in [2.05, 4.69) is 15.2 Å². The number of carbonyl (C=O) groups is 2. The molecule has 36 heavy (non-hydrogen) atoms. The average molecular weight is 489 g/mol. The van der Waals surface area contributed by atoms with Crippen molar-refractivity contribution in [2.24, 2.45) is 5.92 Å². The second kappa shape index (κ2) is 9.93. The van der Waals surface area contributed by atoms with Gasteiger partial charge in [-0.25, -0.2) is 9.37 Å². The summed E-state index contributed by atoms with van der Waals surface area (Å²) in [5.41, 5.74) is 3.63. The van der Waals surface area contributed by atoms with Crippen LogP contribution in [0.3, 0.4) is 0 Å². The van der Waals surface area contributed by atoms with E-state index in [4.69, 9.17) is 4.98 Å². The van der Waals surface area contributed by atoms with Gasteiger partial charge in [0.1, 0.15) is 11.6 Å². The second-order valence-electron chi connectivity index (χ2n) is 9.38. The maximum Gasteiger partial charge on any atom is 0.228 e. The van der Waals surface area contributed by atoms with Gasteiger partial charge in [-0.15, -0.1) is 0 Å². The molecule has 8 nitrogen and oxygen atoms in total. The van der Waals surface area contributed by atoms with Crippen molar-refractivity contribution in [3.63, 3.8) is 0 Å². The minimum atomic E-state index is -0.394. The van der Waals surface area contributed by atoms with Gasteiger partial charge in [-0.3, -0.25) is 9.59 Å². The van der Waals surface area contributed by atoms with Gasteiger partial charge in [-0.2, -0.15) is 4.98 Å². The van der Waals surface area contributed by atoms with Crippen molar-refractivity contribution in [2.45, 2.75) is 20.3 Å². The Hall–Kier alpha value is -4.01. The molecule has 2 aliphatic rings. The van der Waals surface area contributed by atoms with Gasteiger partial charge < -0.3 is 20.0 Å². The van der Waals surface area contributed by atoms with Crippen LogP contribution >= 0.6 is 0 Å². The first-order valence-corrected chi connectivity index (χ1v) is 12.1. The molecule has 2 aliphatic heterocycles. The molecular weight excluding hydrogens is 459 g/mol. The van der Waals surface area contributed by atoms with E-state index in [1.807, 2.05) is 49.1 Å². The van der Waals surface area contributed by atoms with Gasteiger partial charge >= 0.3 is 0 Å². The Bertz CT molecular complexity index is 1260. The van der Waals surface area contributed by atoms with E-state index in [0.29, 0.717) is 44.4 Å². The molecule has 2 fully saturated rings. The van der Waals surface area contributed by atoms with Gasteiger partial charge in [0.25, 0.3) is 0 Å². The summed E-state index contributed by atoms with van der Waals surface area (Å²) in [7, 11) is 0. The third-order valence-electron chi connectivity index (χ3n) is 6.65. The van der Waals surface area contributed by atoms with Crippen molar-refractivity contribution >= 4 is 35.0 Å². The van der Waals surface area contributed by atoms with Crippen molar-refractivity contribution in [3.8, 4) is 0 Å². The smallest absolute Gasteiger partial charge is 0.228 e. The number of hydrogen-bond acceptors (Lipinski definition) is 6. The predicted molar refractivity (Wildman–Crippen MR) is 137 cm³/mol. The maximum atomic E-state index is 13.2. The highest BCUT2D eigenvalue weighted by atomic mass is 19.1. The predicted octanol–water partition coefficient (Wildman–Crippen LogP) is 3.68. The van der Waals surface area contributed by atoms with Crippen molar-refractivity contribution < 1.29 is 14.0 Å². The van der Waals surface area contributed by atoms with E-state index >= 15 is 0 Å². The van der Waals surface area contributed by atoms with Crippen LogP contribution < -0.4 is 15.1 Å². The lowest BCUT2D eigenvalue weighted by Crippen LogP contribution is -2.51. The minimum Gasteiger partial charge on any atom is -0.340 e. The SMILES string of the molecule is Cc1ccc(Nc2cc(C)nc(N3CCN(C(=O)C4CC(=O)N(c5ccc(F)cc5)C4)CC3)n2)cc1. The van der Waals surface area contributed by atoms with Crippen LogP contribution in [-0.4, -0.2) is 59.4 Å². The molecular formula is C27H29FN6O2. The topological polar surface area (TPSA) is 81.7 Å². The lowest BCUT2D eigenvalue weighted by Gasteiger charge is -2.36. The molecule has 0 aliphatic carbocycles.